The zero-order chi connectivity index (χ0) is 13.4. The molecule has 1 saturated heterocycles. The molecule has 20 heavy (non-hydrogen) atoms. The van der Waals surface area contributed by atoms with Gasteiger partial charge in [0.05, 0.1) is 0 Å². The quantitative estimate of drug-likeness (QED) is 0.915. The Kier molecular flexibility index (Phi) is 3.61. The summed E-state index contributed by atoms with van der Waals surface area (Å²) >= 11 is 1.83. The lowest BCUT2D eigenvalue weighted by molar-refractivity contribution is 0.0394. The van der Waals surface area contributed by atoms with E-state index in [9.17, 15) is 0 Å². The summed E-state index contributed by atoms with van der Waals surface area (Å²) in [7, 11) is 0. The average molecular weight is 290 g/mol. The molecule has 2 nitrogen and oxygen atoms in total. The Morgan fingerprint density at radius 2 is 2.15 bits per heavy atom. The van der Waals surface area contributed by atoms with Crippen LogP contribution in [0.5, 0.6) is 0 Å². The molecule has 0 bridgehead atoms. The molecule has 0 aromatic carbocycles. The van der Waals surface area contributed by atoms with Crippen molar-refractivity contribution in [2.24, 2.45) is 5.92 Å². The summed E-state index contributed by atoms with van der Waals surface area (Å²) < 4.78 is 0. The van der Waals surface area contributed by atoms with Crippen molar-refractivity contribution < 1.29 is 0 Å². The van der Waals surface area contributed by atoms with Crippen molar-refractivity contribution in [3.05, 3.63) is 22.4 Å². The molecule has 1 N–H and O–H groups in total. The highest BCUT2D eigenvalue weighted by atomic mass is 32.1. The van der Waals surface area contributed by atoms with Gasteiger partial charge in [-0.15, -0.1) is 0 Å². The second kappa shape index (κ2) is 5.43. The fourth-order valence-electron chi connectivity index (χ4n) is 4.30. The van der Waals surface area contributed by atoms with E-state index >= 15 is 0 Å². The minimum Gasteiger partial charge on any atom is -0.311 e. The molecule has 0 radical (unpaired) electrons. The predicted molar refractivity (Wildman–Crippen MR) is 85.3 cm³/mol. The van der Waals surface area contributed by atoms with Crippen LogP contribution in [0.4, 0.5) is 0 Å². The first kappa shape index (κ1) is 13.3. The van der Waals surface area contributed by atoms with E-state index in [0.29, 0.717) is 5.54 Å². The first-order chi connectivity index (χ1) is 9.86. The fraction of sp³-hybridized carbons (Fsp3) is 0.765. The maximum absolute atomic E-state index is 3.90. The van der Waals surface area contributed by atoms with E-state index in [4.69, 9.17) is 0 Å². The molecular weight excluding hydrogens is 264 g/mol. The summed E-state index contributed by atoms with van der Waals surface area (Å²) in [5.41, 5.74) is 2.03. The normalized spacial score (nSPS) is 30.1. The number of rotatable bonds is 4. The van der Waals surface area contributed by atoms with Gasteiger partial charge in [-0.3, -0.25) is 4.90 Å². The molecule has 110 valence electrons. The second-order valence-corrected chi connectivity index (χ2v) is 7.86. The van der Waals surface area contributed by atoms with Crippen molar-refractivity contribution in [1.29, 1.82) is 0 Å². The summed E-state index contributed by atoms with van der Waals surface area (Å²) in [6.45, 7) is 3.81. The van der Waals surface area contributed by atoms with Gasteiger partial charge in [-0.1, -0.05) is 12.8 Å². The van der Waals surface area contributed by atoms with Crippen molar-refractivity contribution in [1.82, 2.24) is 10.2 Å². The van der Waals surface area contributed by atoms with E-state index in [0.717, 1.165) is 12.0 Å². The lowest BCUT2D eigenvalue weighted by atomic mass is 9.89. The minimum atomic E-state index is 0.501. The van der Waals surface area contributed by atoms with Gasteiger partial charge in [0.25, 0.3) is 0 Å². The Bertz CT molecular complexity index is 432. The maximum atomic E-state index is 3.90. The molecule has 2 saturated carbocycles. The molecule has 4 rings (SSSR count). The van der Waals surface area contributed by atoms with E-state index < -0.39 is 0 Å². The first-order valence-corrected chi connectivity index (χ1v) is 9.30. The van der Waals surface area contributed by atoms with Crippen molar-refractivity contribution in [2.45, 2.75) is 56.5 Å². The van der Waals surface area contributed by atoms with Gasteiger partial charge in [0, 0.05) is 31.2 Å². The highest BCUT2D eigenvalue weighted by Crippen LogP contribution is 2.41. The number of piperazine rings is 1. The third kappa shape index (κ3) is 2.56. The molecule has 0 amide bonds. The lowest BCUT2D eigenvalue weighted by Crippen LogP contribution is -2.64. The number of hydrogen-bond acceptors (Lipinski definition) is 3. The van der Waals surface area contributed by atoms with Gasteiger partial charge in [0.2, 0.25) is 0 Å². The summed E-state index contributed by atoms with van der Waals surface area (Å²) in [6, 6.07) is 3.08. The molecule has 1 aromatic heterocycles. The van der Waals surface area contributed by atoms with Crippen LogP contribution in [0.2, 0.25) is 0 Å². The highest BCUT2D eigenvalue weighted by molar-refractivity contribution is 7.07. The van der Waals surface area contributed by atoms with Crippen molar-refractivity contribution >= 4 is 11.3 Å². The molecule has 3 aliphatic rings. The van der Waals surface area contributed by atoms with Crippen LogP contribution in [0, 0.1) is 5.92 Å². The fourth-order valence-corrected chi connectivity index (χ4v) is 5.00. The number of thiophene rings is 1. The summed E-state index contributed by atoms with van der Waals surface area (Å²) in [5, 5.41) is 8.43. The summed E-state index contributed by atoms with van der Waals surface area (Å²) in [4.78, 5) is 2.87. The molecule has 1 aliphatic heterocycles. The molecule has 2 aliphatic carbocycles. The smallest absolute Gasteiger partial charge is 0.0334 e. The van der Waals surface area contributed by atoms with Crippen LogP contribution in [0.1, 0.15) is 44.1 Å². The van der Waals surface area contributed by atoms with Crippen LogP contribution in [-0.4, -0.2) is 36.1 Å². The van der Waals surface area contributed by atoms with Crippen LogP contribution in [-0.2, 0) is 6.42 Å². The summed E-state index contributed by atoms with van der Waals surface area (Å²) in [6.07, 6.45) is 9.87. The second-order valence-electron chi connectivity index (χ2n) is 7.08. The van der Waals surface area contributed by atoms with Gasteiger partial charge in [-0.25, -0.2) is 0 Å². The molecular formula is C17H26N2S. The third-order valence-electron chi connectivity index (χ3n) is 5.76. The number of nitrogens with one attached hydrogen (secondary N) is 1. The Morgan fingerprint density at radius 1 is 1.30 bits per heavy atom. The van der Waals surface area contributed by atoms with E-state index in [1.54, 1.807) is 0 Å². The Hall–Kier alpha value is -0.380. The van der Waals surface area contributed by atoms with E-state index in [1.807, 2.05) is 11.3 Å². The number of nitrogens with zero attached hydrogens (tertiary/aromatic N) is 1. The Balaban J connectivity index is 1.45. The average Bonchev–Trinajstić information content (AvgIpc) is 2.99. The first-order valence-electron chi connectivity index (χ1n) is 8.35. The third-order valence-corrected chi connectivity index (χ3v) is 6.49. The largest absolute Gasteiger partial charge is 0.311 e. The van der Waals surface area contributed by atoms with Crippen LogP contribution in [0.25, 0.3) is 0 Å². The predicted octanol–water partition coefficient (Wildman–Crippen LogP) is 3.29. The van der Waals surface area contributed by atoms with Crippen molar-refractivity contribution in [3.8, 4) is 0 Å². The van der Waals surface area contributed by atoms with Crippen LogP contribution < -0.4 is 5.32 Å². The highest BCUT2D eigenvalue weighted by Gasteiger charge is 2.46. The lowest BCUT2D eigenvalue weighted by Gasteiger charge is -2.48. The monoisotopic (exact) mass is 290 g/mol. The van der Waals surface area contributed by atoms with E-state index in [2.05, 4.69) is 27.0 Å². The zero-order valence-electron chi connectivity index (χ0n) is 12.3. The van der Waals surface area contributed by atoms with E-state index in [1.165, 1.54) is 70.1 Å². The van der Waals surface area contributed by atoms with Gasteiger partial charge < -0.3 is 5.32 Å². The Morgan fingerprint density at radius 3 is 2.85 bits per heavy atom. The van der Waals surface area contributed by atoms with Gasteiger partial charge in [-0.2, -0.15) is 11.3 Å². The van der Waals surface area contributed by atoms with Crippen molar-refractivity contribution in [2.75, 3.05) is 19.6 Å². The SMILES string of the molecule is c1cc(CCN2CC(C3CC3)NCC23CCCC3)cs1. The topological polar surface area (TPSA) is 15.3 Å². The van der Waals surface area contributed by atoms with Gasteiger partial charge >= 0.3 is 0 Å². The molecule has 3 fully saturated rings. The van der Waals surface area contributed by atoms with Crippen LogP contribution >= 0.6 is 11.3 Å². The molecule has 1 aromatic rings. The molecule has 2 heterocycles. The van der Waals surface area contributed by atoms with Gasteiger partial charge in [0.15, 0.2) is 0 Å². The molecule has 1 spiro atoms. The molecule has 3 heteroatoms. The number of hydrogen-bond donors (Lipinski definition) is 1. The van der Waals surface area contributed by atoms with Gasteiger partial charge in [-0.05, 0) is 60.4 Å². The van der Waals surface area contributed by atoms with E-state index in [-0.39, 0.29) is 0 Å². The standard InChI is InChI=1S/C17H26N2S/c1-2-8-17(7-1)13-18-16(15-3-4-15)11-19(17)9-5-14-6-10-20-12-14/h6,10,12,15-16,18H,1-5,7-9,11,13H2. The van der Waals surface area contributed by atoms with Crippen LogP contribution in [0.15, 0.2) is 16.8 Å². The molecule has 1 atom stereocenters. The van der Waals surface area contributed by atoms with Crippen LogP contribution in [0.3, 0.4) is 0 Å². The van der Waals surface area contributed by atoms with Gasteiger partial charge in [0.1, 0.15) is 0 Å². The zero-order valence-corrected chi connectivity index (χ0v) is 13.1. The summed E-state index contributed by atoms with van der Waals surface area (Å²) in [5.74, 6) is 0.984. The minimum absolute atomic E-state index is 0.501. The van der Waals surface area contributed by atoms with Crippen molar-refractivity contribution in [3.63, 3.8) is 0 Å². The Labute approximate surface area is 126 Å². The maximum Gasteiger partial charge on any atom is 0.0334 e. The molecule has 1 unspecified atom stereocenters.